The summed E-state index contributed by atoms with van der Waals surface area (Å²) in [6.45, 7) is 9.50. The Morgan fingerprint density at radius 1 is 1.11 bits per heavy atom. The summed E-state index contributed by atoms with van der Waals surface area (Å²) in [5.74, 6) is -1.00. The first kappa shape index (κ1) is 29.8. The number of hydrogen-bond acceptors (Lipinski definition) is 8. The van der Waals surface area contributed by atoms with Crippen LogP contribution >= 0.6 is 11.6 Å². The second-order valence-electron chi connectivity index (χ2n) is 12.8. The van der Waals surface area contributed by atoms with Crippen LogP contribution in [-0.4, -0.2) is 84.1 Å². The summed E-state index contributed by atoms with van der Waals surface area (Å²) in [6, 6.07) is 14.2. The van der Waals surface area contributed by atoms with Gasteiger partial charge >= 0.3 is 6.01 Å². The van der Waals surface area contributed by atoms with Crippen molar-refractivity contribution in [1.82, 2.24) is 19.8 Å². The van der Waals surface area contributed by atoms with Crippen LogP contribution in [0, 0.1) is 16.7 Å². The Labute approximate surface area is 267 Å². The minimum Gasteiger partial charge on any atom is -0.463 e. The van der Waals surface area contributed by atoms with Gasteiger partial charge in [0, 0.05) is 54.8 Å². The van der Waals surface area contributed by atoms with Crippen LogP contribution in [0.15, 0.2) is 48.8 Å². The molecule has 3 aromatic rings. The second kappa shape index (κ2) is 12.1. The highest BCUT2D eigenvalue weighted by molar-refractivity contribution is 6.36. The Hall–Kier alpha value is -3.94. The number of nitrogens with zero attached hydrogens (tertiary/aromatic N) is 7. The highest BCUT2D eigenvalue weighted by Gasteiger charge is 2.46. The lowest BCUT2D eigenvalue weighted by atomic mass is 10.0. The molecule has 1 atom stereocenters. The molecule has 234 valence electrons. The van der Waals surface area contributed by atoms with Crippen LogP contribution in [0.1, 0.15) is 36.9 Å². The van der Waals surface area contributed by atoms with E-state index < -0.39 is 17.8 Å². The van der Waals surface area contributed by atoms with Gasteiger partial charge in [0.2, 0.25) is 0 Å². The summed E-state index contributed by atoms with van der Waals surface area (Å²) in [6.07, 6.45) is 4.33. The van der Waals surface area contributed by atoms with Crippen molar-refractivity contribution in [3.05, 3.63) is 65.1 Å². The van der Waals surface area contributed by atoms with Crippen molar-refractivity contribution >= 4 is 39.8 Å². The van der Waals surface area contributed by atoms with Crippen LogP contribution < -0.4 is 14.5 Å². The third-order valence-electron chi connectivity index (χ3n) is 9.77. The van der Waals surface area contributed by atoms with Gasteiger partial charge in [0.1, 0.15) is 5.82 Å². The van der Waals surface area contributed by atoms with Crippen LogP contribution in [0.25, 0.3) is 10.8 Å². The quantitative estimate of drug-likeness (QED) is 0.301. The summed E-state index contributed by atoms with van der Waals surface area (Å²) in [4.78, 5) is 30.8. The smallest absolute Gasteiger partial charge is 0.318 e. The van der Waals surface area contributed by atoms with Crippen molar-refractivity contribution in [3.8, 4) is 12.1 Å². The molecule has 1 saturated carbocycles. The second-order valence-corrected chi connectivity index (χ2v) is 13.2. The molecule has 45 heavy (non-hydrogen) atoms. The summed E-state index contributed by atoms with van der Waals surface area (Å²) in [7, 11) is 0. The van der Waals surface area contributed by atoms with Gasteiger partial charge in [0.15, 0.2) is 5.83 Å². The van der Waals surface area contributed by atoms with Gasteiger partial charge in [0.05, 0.1) is 42.4 Å². The predicted octanol–water partition coefficient (Wildman–Crippen LogP) is 5.12. The van der Waals surface area contributed by atoms with E-state index in [4.69, 9.17) is 26.3 Å². The summed E-state index contributed by atoms with van der Waals surface area (Å²) >= 11 is 6.70. The zero-order chi connectivity index (χ0) is 31.1. The Morgan fingerprint density at radius 2 is 1.91 bits per heavy atom. The molecule has 1 unspecified atom stereocenters. The molecule has 0 N–H and O–H groups in total. The average Bonchev–Trinajstić information content (AvgIpc) is 3.80. The van der Waals surface area contributed by atoms with Crippen molar-refractivity contribution in [2.75, 3.05) is 62.2 Å². The molecule has 3 fully saturated rings. The maximum Gasteiger partial charge on any atom is 0.318 e. The summed E-state index contributed by atoms with van der Waals surface area (Å²) in [5.41, 5.74) is 3.15. The van der Waals surface area contributed by atoms with Gasteiger partial charge in [-0.1, -0.05) is 42.4 Å². The Bertz CT molecular complexity index is 1680. The maximum absolute atomic E-state index is 13.8. The van der Waals surface area contributed by atoms with Gasteiger partial charge in [-0.3, -0.25) is 4.79 Å². The number of amides is 1. The molecule has 1 amide bonds. The number of piperazine rings is 1. The molecule has 2 aromatic carbocycles. The Morgan fingerprint density at radius 3 is 2.62 bits per heavy atom. The predicted molar refractivity (Wildman–Crippen MR) is 172 cm³/mol. The lowest BCUT2D eigenvalue weighted by Gasteiger charge is -2.42. The largest absolute Gasteiger partial charge is 0.463 e. The van der Waals surface area contributed by atoms with E-state index in [0.29, 0.717) is 43.7 Å². The number of halogens is 2. The summed E-state index contributed by atoms with van der Waals surface area (Å²) in [5, 5.41) is 12.4. The molecule has 0 radical (unpaired) electrons. The number of carbonyl (C=O) groups is 1. The number of aromatic nitrogens is 2. The van der Waals surface area contributed by atoms with Gasteiger partial charge in [-0.2, -0.15) is 15.2 Å². The first-order chi connectivity index (χ1) is 21.8. The molecule has 2 saturated heterocycles. The minimum absolute atomic E-state index is 0.0841. The van der Waals surface area contributed by atoms with E-state index in [1.165, 1.54) is 11.3 Å². The standard InChI is InChI=1S/C34H37ClFN7O2/c1-23(36)32(44)43-18-17-42(19-25(43)9-13-37)31-26-10-16-41(29-8-3-6-24-5-2-7-27(35)30(24)29)20-28(26)38-33(39-31)45-22-34(11-12-34)21-40-14-4-15-40/h2-3,5-8,25H,1,4,9-12,14-22H2. The van der Waals surface area contributed by atoms with Crippen molar-refractivity contribution < 1.29 is 13.9 Å². The van der Waals surface area contributed by atoms with Gasteiger partial charge < -0.3 is 24.3 Å². The zero-order valence-electron chi connectivity index (χ0n) is 25.4. The van der Waals surface area contributed by atoms with E-state index in [-0.39, 0.29) is 18.4 Å². The number of anilines is 2. The number of fused-ring (bicyclic) bond motifs is 2. The number of rotatable bonds is 9. The topological polar surface area (TPSA) is 88.8 Å². The van der Waals surface area contributed by atoms with Crippen molar-refractivity contribution in [2.45, 2.75) is 44.7 Å². The number of likely N-dealkylation sites (tertiary alicyclic amines) is 1. The van der Waals surface area contributed by atoms with E-state index in [0.717, 1.165) is 72.6 Å². The van der Waals surface area contributed by atoms with Gasteiger partial charge in [-0.05, 0) is 56.3 Å². The molecule has 1 aliphatic carbocycles. The molecule has 7 rings (SSSR count). The molecule has 0 spiro atoms. The number of benzene rings is 2. The molecule has 4 heterocycles. The molecule has 4 aliphatic rings. The SMILES string of the molecule is C=C(F)C(=O)N1CCN(c2nc(OCC3(CN4CCC4)CC3)nc3c2CCN(c2cccc4cccc(Cl)c24)C3)CC1CC#N. The summed E-state index contributed by atoms with van der Waals surface area (Å²) < 4.78 is 20.2. The van der Waals surface area contributed by atoms with Crippen LogP contribution in [0.3, 0.4) is 0 Å². The molecular formula is C34H37ClFN7O2. The van der Waals surface area contributed by atoms with Crippen LogP contribution in [0.2, 0.25) is 5.02 Å². The Kier molecular flexibility index (Phi) is 8.00. The van der Waals surface area contributed by atoms with Crippen LogP contribution in [-0.2, 0) is 17.8 Å². The molecule has 9 nitrogen and oxygen atoms in total. The van der Waals surface area contributed by atoms with Crippen molar-refractivity contribution in [3.63, 3.8) is 0 Å². The number of carbonyl (C=O) groups excluding carboxylic acids is 1. The first-order valence-electron chi connectivity index (χ1n) is 15.8. The highest BCUT2D eigenvalue weighted by atomic mass is 35.5. The van der Waals surface area contributed by atoms with Gasteiger partial charge in [-0.15, -0.1) is 0 Å². The lowest BCUT2D eigenvalue weighted by molar-refractivity contribution is -0.131. The fraction of sp³-hybridized carbons (Fsp3) is 0.471. The molecule has 11 heteroatoms. The highest BCUT2D eigenvalue weighted by Crippen LogP contribution is 2.47. The minimum atomic E-state index is -1.01. The normalized spacial score (nSPS) is 20.7. The molecule has 0 bridgehead atoms. The van der Waals surface area contributed by atoms with Gasteiger partial charge in [0.25, 0.3) is 5.91 Å². The molecular weight excluding hydrogens is 593 g/mol. The molecule has 3 aliphatic heterocycles. The van der Waals surface area contributed by atoms with E-state index in [2.05, 4.69) is 51.6 Å². The number of ether oxygens (including phenoxy) is 1. The maximum atomic E-state index is 13.8. The van der Waals surface area contributed by atoms with Crippen LogP contribution in [0.4, 0.5) is 15.9 Å². The van der Waals surface area contributed by atoms with Crippen molar-refractivity contribution in [2.24, 2.45) is 5.41 Å². The first-order valence-corrected chi connectivity index (χ1v) is 16.2. The average molecular weight is 630 g/mol. The Balaban J connectivity index is 1.20. The van der Waals surface area contributed by atoms with Crippen LogP contribution in [0.5, 0.6) is 6.01 Å². The van der Waals surface area contributed by atoms with E-state index >= 15 is 0 Å². The van der Waals surface area contributed by atoms with E-state index in [1.54, 1.807) is 0 Å². The molecule has 1 aromatic heterocycles. The lowest BCUT2D eigenvalue weighted by Crippen LogP contribution is -2.55. The fourth-order valence-electron chi connectivity index (χ4n) is 6.97. The number of hydrogen-bond donors (Lipinski definition) is 0. The zero-order valence-corrected chi connectivity index (χ0v) is 26.1. The van der Waals surface area contributed by atoms with Gasteiger partial charge in [-0.25, -0.2) is 4.39 Å². The van der Waals surface area contributed by atoms with E-state index in [1.807, 2.05) is 12.1 Å². The van der Waals surface area contributed by atoms with E-state index in [9.17, 15) is 14.4 Å². The van der Waals surface area contributed by atoms with Crippen molar-refractivity contribution in [1.29, 1.82) is 5.26 Å². The monoisotopic (exact) mass is 629 g/mol. The third-order valence-corrected chi connectivity index (χ3v) is 10.1. The fourth-order valence-corrected chi connectivity index (χ4v) is 7.25. The number of nitriles is 1. The third kappa shape index (κ3) is 5.91.